The van der Waals surface area contributed by atoms with Gasteiger partial charge in [0.1, 0.15) is 5.60 Å². The van der Waals surface area contributed by atoms with Gasteiger partial charge in [0.05, 0.1) is 5.69 Å². The van der Waals surface area contributed by atoms with Crippen LogP contribution in [0.1, 0.15) is 39.3 Å². The predicted molar refractivity (Wildman–Crippen MR) is 82.1 cm³/mol. The second kappa shape index (κ2) is 7.17. The number of nitrogens with one attached hydrogen (secondary N) is 1. The number of amides is 1. The molecule has 6 nitrogen and oxygen atoms in total. The van der Waals surface area contributed by atoms with Crippen LogP contribution in [0.15, 0.2) is 5.38 Å². The molecule has 0 radical (unpaired) electrons. The number of carbonyl (C=O) groups excluding carboxylic acids is 1. The van der Waals surface area contributed by atoms with Gasteiger partial charge in [-0.2, -0.15) is 0 Å². The summed E-state index contributed by atoms with van der Waals surface area (Å²) in [5, 5.41) is 9.31. The summed E-state index contributed by atoms with van der Waals surface area (Å²) in [7, 11) is 0. The van der Waals surface area contributed by atoms with Crippen molar-refractivity contribution in [2.45, 2.75) is 45.8 Å². The maximum absolute atomic E-state index is 12.0. The summed E-state index contributed by atoms with van der Waals surface area (Å²) >= 11 is 1.37. The predicted octanol–water partition coefficient (Wildman–Crippen LogP) is 2.27. The maximum atomic E-state index is 12.0. The van der Waals surface area contributed by atoms with E-state index in [1.807, 2.05) is 31.1 Å². The number of rotatable bonds is 5. The fourth-order valence-electron chi connectivity index (χ4n) is 2.34. The van der Waals surface area contributed by atoms with E-state index in [9.17, 15) is 4.79 Å². The first-order valence-corrected chi connectivity index (χ1v) is 8.22. The van der Waals surface area contributed by atoms with Crippen LogP contribution in [0.25, 0.3) is 0 Å². The summed E-state index contributed by atoms with van der Waals surface area (Å²) < 4.78 is 9.23. The first-order valence-electron chi connectivity index (χ1n) is 7.38. The Morgan fingerprint density at radius 3 is 3.05 bits per heavy atom. The first kappa shape index (κ1) is 16.2. The average Bonchev–Trinajstić information content (AvgIpc) is 3.04. The molecule has 1 aromatic heterocycles. The number of ether oxygens (including phenoxy) is 1. The summed E-state index contributed by atoms with van der Waals surface area (Å²) in [6, 6.07) is 0. The molecule has 1 aromatic rings. The Balaban J connectivity index is 1.62. The Kier molecular flexibility index (Phi) is 5.52. The van der Waals surface area contributed by atoms with E-state index in [-0.39, 0.29) is 6.09 Å². The average molecular weight is 312 g/mol. The van der Waals surface area contributed by atoms with Crippen molar-refractivity contribution in [1.29, 1.82) is 0 Å². The summed E-state index contributed by atoms with van der Waals surface area (Å²) in [4.78, 5) is 13.8. The quantitative estimate of drug-likeness (QED) is 0.845. The van der Waals surface area contributed by atoms with Gasteiger partial charge in [-0.1, -0.05) is 4.49 Å². The summed E-state index contributed by atoms with van der Waals surface area (Å²) in [6.45, 7) is 8.99. The van der Waals surface area contributed by atoms with Gasteiger partial charge < -0.3 is 15.0 Å². The number of hydrogen-bond donors (Lipinski definition) is 1. The van der Waals surface area contributed by atoms with Crippen molar-refractivity contribution in [1.82, 2.24) is 19.8 Å². The van der Waals surface area contributed by atoms with Gasteiger partial charge in [-0.15, -0.1) is 5.10 Å². The van der Waals surface area contributed by atoms with E-state index in [1.54, 1.807) is 0 Å². The number of likely N-dealkylation sites (tertiary alicyclic amines) is 1. The number of hydrogen-bond acceptors (Lipinski definition) is 6. The maximum Gasteiger partial charge on any atom is 0.410 e. The van der Waals surface area contributed by atoms with Gasteiger partial charge in [0, 0.05) is 25.0 Å². The highest BCUT2D eigenvalue weighted by Gasteiger charge is 2.29. The van der Waals surface area contributed by atoms with E-state index < -0.39 is 5.60 Å². The van der Waals surface area contributed by atoms with Crippen molar-refractivity contribution in [3.63, 3.8) is 0 Å². The molecule has 0 aromatic carbocycles. The molecule has 1 fully saturated rings. The lowest BCUT2D eigenvalue weighted by Gasteiger charge is -2.24. The zero-order valence-corrected chi connectivity index (χ0v) is 13.8. The molecule has 0 aliphatic carbocycles. The molecule has 0 spiro atoms. The molecular formula is C14H24N4O2S. The fraction of sp³-hybridized carbons (Fsp3) is 0.786. The Bertz CT molecular complexity index is 444. The summed E-state index contributed by atoms with van der Waals surface area (Å²) in [5.41, 5.74) is 0.569. The molecule has 0 bridgehead atoms. The standard InChI is InChI=1S/C14H24N4O2S/c1-14(2,3)20-13(19)18-7-5-11(9-18)4-6-15-8-12-10-21-17-16-12/h10-11,15H,4-9H2,1-3H3. The van der Waals surface area contributed by atoms with E-state index in [2.05, 4.69) is 14.9 Å². The van der Waals surface area contributed by atoms with Crippen LogP contribution in [0.4, 0.5) is 4.79 Å². The third kappa shape index (κ3) is 5.59. The minimum absolute atomic E-state index is 0.188. The van der Waals surface area contributed by atoms with Crippen molar-refractivity contribution in [3.8, 4) is 0 Å². The van der Waals surface area contributed by atoms with Gasteiger partial charge in [0.15, 0.2) is 0 Å². The smallest absolute Gasteiger partial charge is 0.410 e. The lowest BCUT2D eigenvalue weighted by atomic mass is 10.1. The highest BCUT2D eigenvalue weighted by atomic mass is 32.1. The highest BCUT2D eigenvalue weighted by Crippen LogP contribution is 2.21. The Morgan fingerprint density at radius 1 is 1.57 bits per heavy atom. The van der Waals surface area contributed by atoms with Crippen LogP contribution in [0.2, 0.25) is 0 Å². The lowest BCUT2D eigenvalue weighted by molar-refractivity contribution is 0.0287. The van der Waals surface area contributed by atoms with Gasteiger partial charge in [-0.05, 0) is 57.6 Å². The topological polar surface area (TPSA) is 67.3 Å². The molecule has 2 heterocycles. The van der Waals surface area contributed by atoms with Crippen molar-refractivity contribution < 1.29 is 9.53 Å². The molecule has 1 atom stereocenters. The van der Waals surface area contributed by atoms with Crippen molar-refractivity contribution in [2.24, 2.45) is 5.92 Å². The van der Waals surface area contributed by atoms with E-state index in [1.165, 1.54) is 11.5 Å². The van der Waals surface area contributed by atoms with Gasteiger partial charge in [0.25, 0.3) is 0 Å². The summed E-state index contributed by atoms with van der Waals surface area (Å²) in [5.74, 6) is 0.554. The van der Waals surface area contributed by atoms with Gasteiger partial charge in [-0.3, -0.25) is 0 Å². The van der Waals surface area contributed by atoms with E-state index in [0.29, 0.717) is 5.92 Å². The molecule has 0 saturated carbocycles. The summed E-state index contributed by atoms with van der Waals surface area (Å²) in [6.07, 6.45) is 1.93. The monoisotopic (exact) mass is 312 g/mol. The van der Waals surface area contributed by atoms with Crippen LogP contribution in [-0.4, -0.2) is 45.8 Å². The fourth-order valence-corrected chi connectivity index (χ4v) is 2.80. The molecule has 7 heteroatoms. The van der Waals surface area contributed by atoms with Gasteiger partial charge >= 0.3 is 6.09 Å². The normalized spacial score (nSPS) is 19.0. The molecular weight excluding hydrogens is 288 g/mol. The molecule has 21 heavy (non-hydrogen) atoms. The third-order valence-electron chi connectivity index (χ3n) is 3.38. The Morgan fingerprint density at radius 2 is 2.38 bits per heavy atom. The van der Waals surface area contributed by atoms with Gasteiger partial charge in [-0.25, -0.2) is 4.79 Å². The Labute approximate surface area is 130 Å². The third-order valence-corrected chi connectivity index (χ3v) is 3.93. The number of aromatic nitrogens is 2. The molecule has 1 saturated heterocycles. The minimum Gasteiger partial charge on any atom is -0.444 e. The van der Waals surface area contributed by atoms with Crippen LogP contribution in [-0.2, 0) is 11.3 Å². The number of nitrogens with zero attached hydrogens (tertiary/aromatic N) is 3. The zero-order valence-electron chi connectivity index (χ0n) is 13.0. The van der Waals surface area contributed by atoms with Crippen LogP contribution in [0.5, 0.6) is 0 Å². The molecule has 1 aliphatic heterocycles. The second-order valence-electron chi connectivity index (χ2n) is 6.44. The Hall–Kier alpha value is -1.21. The lowest BCUT2D eigenvalue weighted by Crippen LogP contribution is -2.35. The van der Waals surface area contributed by atoms with Crippen LogP contribution < -0.4 is 5.32 Å². The van der Waals surface area contributed by atoms with Crippen molar-refractivity contribution in [3.05, 3.63) is 11.1 Å². The SMILES string of the molecule is CC(C)(C)OC(=O)N1CCC(CCNCc2csnn2)C1. The van der Waals surface area contributed by atoms with Crippen molar-refractivity contribution >= 4 is 17.6 Å². The van der Waals surface area contributed by atoms with Crippen LogP contribution in [0, 0.1) is 5.92 Å². The molecule has 1 unspecified atom stereocenters. The number of carbonyl (C=O) groups is 1. The van der Waals surface area contributed by atoms with E-state index >= 15 is 0 Å². The molecule has 118 valence electrons. The van der Waals surface area contributed by atoms with Crippen LogP contribution in [0.3, 0.4) is 0 Å². The zero-order chi connectivity index (χ0) is 15.3. The van der Waals surface area contributed by atoms with E-state index in [4.69, 9.17) is 4.74 Å². The van der Waals surface area contributed by atoms with Crippen LogP contribution >= 0.6 is 11.5 Å². The molecule has 1 aliphatic rings. The van der Waals surface area contributed by atoms with Gasteiger partial charge in [0.2, 0.25) is 0 Å². The largest absolute Gasteiger partial charge is 0.444 e. The molecule has 2 rings (SSSR count). The second-order valence-corrected chi connectivity index (χ2v) is 7.05. The van der Waals surface area contributed by atoms with Crippen molar-refractivity contribution in [2.75, 3.05) is 19.6 Å². The minimum atomic E-state index is -0.418. The van der Waals surface area contributed by atoms with E-state index in [0.717, 1.165) is 44.7 Å². The molecule has 1 amide bonds. The highest BCUT2D eigenvalue weighted by molar-refractivity contribution is 7.03. The first-order chi connectivity index (χ1) is 9.94. The molecule has 1 N–H and O–H groups in total.